The first-order valence-electron chi connectivity index (χ1n) is 6.59. The van der Waals surface area contributed by atoms with Crippen molar-refractivity contribution in [3.05, 3.63) is 29.8 Å². The van der Waals surface area contributed by atoms with E-state index in [1.165, 1.54) is 18.4 Å². The molecule has 1 aromatic carbocycles. The number of hydrogen-bond donors (Lipinski definition) is 1. The van der Waals surface area contributed by atoms with Crippen molar-refractivity contribution in [2.75, 3.05) is 13.2 Å². The minimum atomic E-state index is 0.103. The smallest absolute Gasteiger partial charge is 0.174 e. The van der Waals surface area contributed by atoms with Gasteiger partial charge in [-0.1, -0.05) is 38.8 Å². The molecular weight excluding hydrogens is 224 g/mol. The molecule has 0 aliphatic heterocycles. The molecular formula is C15H22N2O. The summed E-state index contributed by atoms with van der Waals surface area (Å²) in [6, 6.07) is 9.84. The second kappa shape index (κ2) is 8.54. The van der Waals surface area contributed by atoms with Crippen LogP contribution in [0, 0.1) is 17.2 Å². The minimum Gasteiger partial charge on any atom is -0.479 e. The molecule has 0 fully saturated rings. The molecule has 0 unspecified atom stereocenters. The second-order valence-corrected chi connectivity index (χ2v) is 4.40. The fraction of sp³-hybridized carbons (Fsp3) is 0.533. The predicted molar refractivity (Wildman–Crippen MR) is 73.3 cm³/mol. The highest BCUT2D eigenvalue weighted by molar-refractivity contribution is 5.27. The van der Waals surface area contributed by atoms with Gasteiger partial charge in [-0.15, -0.1) is 0 Å². The fourth-order valence-electron chi connectivity index (χ4n) is 1.82. The normalized spacial score (nSPS) is 10.3. The molecule has 0 bridgehead atoms. The average molecular weight is 246 g/mol. The summed E-state index contributed by atoms with van der Waals surface area (Å²) in [5.41, 5.74) is 1.24. The van der Waals surface area contributed by atoms with Gasteiger partial charge in [0, 0.05) is 6.54 Å². The third-order valence-corrected chi connectivity index (χ3v) is 3.14. The summed E-state index contributed by atoms with van der Waals surface area (Å²) >= 11 is 0. The van der Waals surface area contributed by atoms with E-state index in [9.17, 15) is 0 Å². The third kappa shape index (κ3) is 5.20. The molecule has 3 heteroatoms. The summed E-state index contributed by atoms with van der Waals surface area (Å²) in [5, 5.41) is 11.9. The lowest BCUT2D eigenvalue weighted by Crippen LogP contribution is -2.21. The van der Waals surface area contributed by atoms with Crippen molar-refractivity contribution in [1.82, 2.24) is 5.32 Å². The summed E-state index contributed by atoms with van der Waals surface area (Å²) in [6.45, 7) is 6.52. The van der Waals surface area contributed by atoms with E-state index in [4.69, 9.17) is 10.00 Å². The average Bonchev–Trinajstić information content (AvgIpc) is 2.42. The van der Waals surface area contributed by atoms with Crippen molar-refractivity contribution >= 4 is 0 Å². The van der Waals surface area contributed by atoms with Gasteiger partial charge in [-0.3, -0.25) is 0 Å². The molecule has 3 nitrogen and oxygen atoms in total. The van der Waals surface area contributed by atoms with Gasteiger partial charge in [0.15, 0.2) is 6.61 Å². The van der Waals surface area contributed by atoms with Crippen LogP contribution in [0.4, 0.5) is 0 Å². The molecule has 0 aromatic heterocycles. The van der Waals surface area contributed by atoms with Crippen LogP contribution in [0.1, 0.15) is 32.3 Å². The second-order valence-electron chi connectivity index (χ2n) is 4.40. The van der Waals surface area contributed by atoms with Gasteiger partial charge in [0.1, 0.15) is 11.8 Å². The Morgan fingerprint density at radius 1 is 1.22 bits per heavy atom. The van der Waals surface area contributed by atoms with Crippen LogP contribution in [0.3, 0.4) is 0 Å². The van der Waals surface area contributed by atoms with Crippen LogP contribution in [-0.2, 0) is 6.54 Å². The van der Waals surface area contributed by atoms with Crippen LogP contribution in [0.5, 0.6) is 5.75 Å². The highest BCUT2D eigenvalue weighted by Crippen LogP contribution is 2.12. The number of hydrogen-bond acceptors (Lipinski definition) is 3. The Balaban J connectivity index is 2.33. The Morgan fingerprint density at radius 3 is 2.44 bits per heavy atom. The number of rotatable bonds is 8. The number of benzene rings is 1. The van der Waals surface area contributed by atoms with Gasteiger partial charge in [-0.25, -0.2) is 0 Å². The van der Waals surface area contributed by atoms with Gasteiger partial charge in [0.25, 0.3) is 0 Å². The molecule has 0 saturated heterocycles. The van der Waals surface area contributed by atoms with Crippen LogP contribution in [0.25, 0.3) is 0 Å². The Labute approximate surface area is 110 Å². The Kier molecular flexibility index (Phi) is 6.90. The number of nitrogens with zero attached hydrogens (tertiary/aromatic N) is 1. The zero-order valence-corrected chi connectivity index (χ0v) is 11.3. The summed E-state index contributed by atoms with van der Waals surface area (Å²) in [4.78, 5) is 0. The first-order chi connectivity index (χ1) is 8.80. The molecule has 0 atom stereocenters. The first-order valence-corrected chi connectivity index (χ1v) is 6.59. The van der Waals surface area contributed by atoms with Gasteiger partial charge < -0.3 is 10.1 Å². The van der Waals surface area contributed by atoms with Gasteiger partial charge in [0.05, 0.1) is 0 Å². The van der Waals surface area contributed by atoms with E-state index in [1.54, 1.807) is 0 Å². The zero-order valence-electron chi connectivity index (χ0n) is 11.3. The van der Waals surface area contributed by atoms with Crippen molar-refractivity contribution in [3.8, 4) is 11.8 Å². The van der Waals surface area contributed by atoms with Crippen molar-refractivity contribution in [1.29, 1.82) is 5.26 Å². The van der Waals surface area contributed by atoms with Crippen LogP contribution >= 0.6 is 0 Å². The van der Waals surface area contributed by atoms with Crippen molar-refractivity contribution in [2.24, 2.45) is 5.92 Å². The summed E-state index contributed by atoms with van der Waals surface area (Å²) in [5.74, 6) is 1.52. The topological polar surface area (TPSA) is 45.0 Å². The molecule has 0 spiro atoms. The largest absolute Gasteiger partial charge is 0.479 e. The van der Waals surface area contributed by atoms with Crippen molar-refractivity contribution in [2.45, 2.75) is 33.2 Å². The lowest BCUT2D eigenvalue weighted by Gasteiger charge is -2.13. The van der Waals surface area contributed by atoms with E-state index in [0.717, 1.165) is 24.8 Å². The number of nitriles is 1. The van der Waals surface area contributed by atoms with E-state index in [-0.39, 0.29) is 6.61 Å². The van der Waals surface area contributed by atoms with Gasteiger partial charge in [-0.05, 0) is 30.2 Å². The molecule has 0 aliphatic carbocycles. The Morgan fingerprint density at radius 2 is 1.89 bits per heavy atom. The minimum absolute atomic E-state index is 0.103. The Bertz CT molecular complexity index is 363. The predicted octanol–water partition coefficient (Wildman–Crippen LogP) is 3.11. The molecule has 0 saturated carbocycles. The van der Waals surface area contributed by atoms with Crippen molar-refractivity contribution < 1.29 is 4.74 Å². The molecule has 18 heavy (non-hydrogen) atoms. The van der Waals surface area contributed by atoms with Crippen LogP contribution < -0.4 is 10.1 Å². The monoisotopic (exact) mass is 246 g/mol. The third-order valence-electron chi connectivity index (χ3n) is 3.14. The summed E-state index contributed by atoms with van der Waals surface area (Å²) < 4.78 is 5.21. The molecule has 1 rings (SSSR count). The van der Waals surface area contributed by atoms with E-state index < -0.39 is 0 Å². The fourth-order valence-corrected chi connectivity index (χ4v) is 1.82. The maximum absolute atomic E-state index is 8.41. The molecule has 98 valence electrons. The quantitative estimate of drug-likeness (QED) is 0.766. The highest BCUT2D eigenvalue weighted by atomic mass is 16.5. The standard InChI is InChI=1S/C15H22N2O/c1-3-13(4-2)11-17-12-14-5-7-15(8-6-14)18-10-9-16/h5-8,13,17H,3-4,10-12H2,1-2H3. The van der Waals surface area contributed by atoms with Gasteiger partial charge in [-0.2, -0.15) is 5.26 Å². The van der Waals surface area contributed by atoms with Crippen LogP contribution in [0.15, 0.2) is 24.3 Å². The van der Waals surface area contributed by atoms with Gasteiger partial charge >= 0.3 is 0 Å². The number of nitrogens with one attached hydrogen (secondary N) is 1. The zero-order chi connectivity index (χ0) is 13.2. The molecule has 1 aromatic rings. The molecule has 0 heterocycles. The maximum atomic E-state index is 8.41. The van der Waals surface area contributed by atoms with Crippen LogP contribution in [0.2, 0.25) is 0 Å². The van der Waals surface area contributed by atoms with Crippen LogP contribution in [-0.4, -0.2) is 13.2 Å². The molecule has 0 aliphatic rings. The van der Waals surface area contributed by atoms with E-state index >= 15 is 0 Å². The molecule has 1 N–H and O–H groups in total. The summed E-state index contributed by atoms with van der Waals surface area (Å²) in [6.07, 6.45) is 2.45. The van der Waals surface area contributed by atoms with Gasteiger partial charge in [0.2, 0.25) is 0 Å². The lowest BCUT2D eigenvalue weighted by atomic mass is 10.0. The maximum Gasteiger partial charge on any atom is 0.174 e. The molecule has 0 radical (unpaired) electrons. The van der Waals surface area contributed by atoms with E-state index in [1.807, 2.05) is 30.3 Å². The Hall–Kier alpha value is -1.53. The lowest BCUT2D eigenvalue weighted by molar-refractivity contribution is 0.368. The van der Waals surface area contributed by atoms with E-state index in [2.05, 4.69) is 19.2 Å². The molecule has 0 amide bonds. The SMILES string of the molecule is CCC(CC)CNCc1ccc(OCC#N)cc1. The number of ether oxygens (including phenoxy) is 1. The van der Waals surface area contributed by atoms with Crippen molar-refractivity contribution in [3.63, 3.8) is 0 Å². The van der Waals surface area contributed by atoms with E-state index in [0.29, 0.717) is 0 Å². The highest BCUT2D eigenvalue weighted by Gasteiger charge is 2.02. The first kappa shape index (κ1) is 14.5. The summed E-state index contributed by atoms with van der Waals surface area (Å²) in [7, 11) is 0.